The number of rotatable bonds is 6. The number of aryl methyl sites for hydroxylation is 1. The van der Waals surface area contributed by atoms with E-state index in [9.17, 15) is 4.79 Å². The minimum atomic E-state index is -0.107. The van der Waals surface area contributed by atoms with Crippen LogP contribution in [0.5, 0.6) is 0 Å². The first-order valence-electron chi connectivity index (χ1n) is 8.81. The molecule has 4 nitrogen and oxygen atoms in total. The molecule has 1 aromatic heterocycles. The molecule has 1 atom stereocenters. The fraction of sp³-hybridized carbons (Fsp3) is 0.182. The third-order valence-electron chi connectivity index (χ3n) is 4.25. The molecule has 2 aromatic carbocycles. The summed E-state index contributed by atoms with van der Waals surface area (Å²) in [7, 11) is 0. The van der Waals surface area contributed by atoms with Crippen LogP contribution in [0.1, 0.15) is 36.1 Å². The van der Waals surface area contributed by atoms with E-state index in [1.807, 2.05) is 36.5 Å². The molecule has 0 radical (unpaired) electrons. The fourth-order valence-electron chi connectivity index (χ4n) is 2.76. The lowest BCUT2D eigenvalue weighted by atomic mass is 10.0. The van der Waals surface area contributed by atoms with Gasteiger partial charge in [-0.25, -0.2) is 4.68 Å². The predicted molar refractivity (Wildman–Crippen MR) is 105 cm³/mol. The van der Waals surface area contributed by atoms with Crippen LogP contribution in [0.15, 0.2) is 73.1 Å². The maximum Gasteiger partial charge on any atom is 0.244 e. The molecule has 0 saturated carbocycles. The average Bonchev–Trinajstić information content (AvgIpc) is 3.15. The molecule has 0 aliphatic heterocycles. The Labute approximate surface area is 154 Å². The molecule has 3 aromatic rings. The van der Waals surface area contributed by atoms with Crippen molar-refractivity contribution in [3.63, 3.8) is 0 Å². The highest BCUT2D eigenvalue weighted by atomic mass is 16.1. The van der Waals surface area contributed by atoms with Gasteiger partial charge in [0, 0.05) is 17.8 Å². The van der Waals surface area contributed by atoms with Crippen molar-refractivity contribution in [2.45, 2.75) is 26.3 Å². The molecule has 1 amide bonds. The summed E-state index contributed by atoms with van der Waals surface area (Å²) in [5, 5.41) is 7.39. The molecule has 26 heavy (non-hydrogen) atoms. The zero-order chi connectivity index (χ0) is 18.4. The first-order chi connectivity index (χ1) is 12.7. The molecular formula is C22H23N3O. The van der Waals surface area contributed by atoms with Gasteiger partial charge in [-0.3, -0.25) is 4.79 Å². The molecule has 0 aliphatic rings. The van der Waals surface area contributed by atoms with Crippen LogP contribution < -0.4 is 5.32 Å². The van der Waals surface area contributed by atoms with Crippen LogP contribution in [0.25, 0.3) is 11.8 Å². The van der Waals surface area contributed by atoms with Crippen molar-refractivity contribution in [2.24, 2.45) is 0 Å². The van der Waals surface area contributed by atoms with Crippen LogP contribution in [0.3, 0.4) is 0 Å². The van der Waals surface area contributed by atoms with Crippen molar-refractivity contribution in [1.82, 2.24) is 15.1 Å². The van der Waals surface area contributed by atoms with E-state index >= 15 is 0 Å². The number of aromatic nitrogens is 2. The molecule has 0 spiro atoms. The largest absolute Gasteiger partial charge is 0.346 e. The molecule has 0 bridgehead atoms. The Hall–Kier alpha value is -3.14. The van der Waals surface area contributed by atoms with Crippen molar-refractivity contribution >= 4 is 12.0 Å². The zero-order valence-electron chi connectivity index (χ0n) is 15.1. The minimum absolute atomic E-state index is 0.0137. The lowest BCUT2D eigenvalue weighted by Gasteiger charge is -2.16. The second-order valence-corrected chi connectivity index (χ2v) is 6.27. The normalized spacial score (nSPS) is 12.2. The van der Waals surface area contributed by atoms with Crippen LogP contribution >= 0.6 is 0 Å². The summed E-state index contributed by atoms with van der Waals surface area (Å²) in [6.45, 7) is 4.13. The van der Waals surface area contributed by atoms with E-state index in [1.54, 1.807) is 23.0 Å². The van der Waals surface area contributed by atoms with Crippen molar-refractivity contribution in [2.75, 3.05) is 0 Å². The third-order valence-corrected chi connectivity index (χ3v) is 4.25. The van der Waals surface area contributed by atoms with Gasteiger partial charge in [-0.2, -0.15) is 5.10 Å². The lowest BCUT2D eigenvalue weighted by molar-refractivity contribution is -0.117. The lowest BCUT2D eigenvalue weighted by Crippen LogP contribution is -2.26. The molecule has 0 fully saturated rings. The van der Waals surface area contributed by atoms with Crippen molar-refractivity contribution < 1.29 is 4.79 Å². The van der Waals surface area contributed by atoms with Gasteiger partial charge in [0.25, 0.3) is 0 Å². The summed E-state index contributed by atoms with van der Waals surface area (Å²) in [5.41, 5.74) is 4.21. The molecular weight excluding hydrogens is 322 g/mol. The number of amides is 1. The number of carbonyl (C=O) groups excluding carboxylic acids is 1. The second kappa shape index (κ2) is 8.30. The van der Waals surface area contributed by atoms with Crippen LogP contribution in [-0.4, -0.2) is 15.7 Å². The van der Waals surface area contributed by atoms with Crippen molar-refractivity contribution in [1.29, 1.82) is 0 Å². The summed E-state index contributed by atoms with van der Waals surface area (Å²) in [6.07, 6.45) is 7.83. The molecule has 1 heterocycles. The van der Waals surface area contributed by atoms with Crippen LogP contribution in [0, 0.1) is 6.92 Å². The average molecular weight is 345 g/mol. The Morgan fingerprint density at radius 1 is 1.15 bits per heavy atom. The van der Waals surface area contributed by atoms with Crippen molar-refractivity contribution in [3.8, 4) is 5.69 Å². The Balaban J connectivity index is 1.64. The number of hydrogen-bond acceptors (Lipinski definition) is 2. The van der Waals surface area contributed by atoms with E-state index in [4.69, 9.17) is 0 Å². The molecule has 3 rings (SSSR count). The maximum atomic E-state index is 12.3. The quantitative estimate of drug-likeness (QED) is 0.671. The molecule has 1 N–H and O–H groups in total. The Morgan fingerprint density at radius 2 is 1.88 bits per heavy atom. The Morgan fingerprint density at radius 3 is 2.58 bits per heavy atom. The van der Waals surface area contributed by atoms with Crippen LogP contribution in [0.2, 0.25) is 0 Å². The number of nitrogens with zero attached hydrogens (tertiary/aromatic N) is 2. The highest BCUT2D eigenvalue weighted by molar-refractivity contribution is 5.91. The highest BCUT2D eigenvalue weighted by Crippen LogP contribution is 2.17. The smallest absolute Gasteiger partial charge is 0.244 e. The van der Waals surface area contributed by atoms with E-state index in [2.05, 4.69) is 48.5 Å². The number of benzene rings is 2. The number of hydrogen-bond donors (Lipinski definition) is 1. The number of carbonyl (C=O) groups is 1. The van der Waals surface area contributed by atoms with Gasteiger partial charge in [0.1, 0.15) is 0 Å². The second-order valence-electron chi connectivity index (χ2n) is 6.27. The van der Waals surface area contributed by atoms with Gasteiger partial charge in [-0.05, 0) is 37.1 Å². The van der Waals surface area contributed by atoms with Gasteiger partial charge in [0.15, 0.2) is 0 Å². The number of para-hydroxylation sites is 1. The summed E-state index contributed by atoms with van der Waals surface area (Å²) in [6, 6.07) is 18.2. The number of nitrogens with one attached hydrogen (secondary N) is 1. The van der Waals surface area contributed by atoms with Gasteiger partial charge in [0.2, 0.25) is 5.91 Å². The Bertz CT molecular complexity index is 879. The van der Waals surface area contributed by atoms with E-state index in [1.165, 1.54) is 5.56 Å². The third kappa shape index (κ3) is 4.48. The topological polar surface area (TPSA) is 46.9 Å². The zero-order valence-corrected chi connectivity index (χ0v) is 15.1. The van der Waals surface area contributed by atoms with E-state index in [0.717, 1.165) is 23.2 Å². The monoisotopic (exact) mass is 345 g/mol. The van der Waals surface area contributed by atoms with Gasteiger partial charge < -0.3 is 5.32 Å². The van der Waals surface area contributed by atoms with Gasteiger partial charge >= 0.3 is 0 Å². The highest BCUT2D eigenvalue weighted by Gasteiger charge is 2.10. The Kier molecular flexibility index (Phi) is 5.64. The molecule has 0 aliphatic carbocycles. The summed E-state index contributed by atoms with van der Waals surface area (Å²) in [4.78, 5) is 12.3. The SMILES string of the molecule is CC[C@@H](NC(=O)/C=C/c1cnn(-c2ccccc2)c1)c1ccc(C)cc1. The van der Waals surface area contributed by atoms with Gasteiger partial charge in [0.05, 0.1) is 17.9 Å². The van der Waals surface area contributed by atoms with Crippen LogP contribution in [0.4, 0.5) is 0 Å². The van der Waals surface area contributed by atoms with Gasteiger partial charge in [-0.15, -0.1) is 0 Å². The van der Waals surface area contributed by atoms with Crippen molar-refractivity contribution in [3.05, 3.63) is 89.8 Å². The maximum absolute atomic E-state index is 12.3. The summed E-state index contributed by atoms with van der Waals surface area (Å²) in [5.74, 6) is -0.107. The molecule has 0 unspecified atom stereocenters. The van der Waals surface area contributed by atoms with Gasteiger partial charge in [-0.1, -0.05) is 55.0 Å². The van der Waals surface area contributed by atoms with Crippen LogP contribution in [-0.2, 0) is 4.79 Å². The minimum Gasteiger partial charge on any atom is -0.346 e. The van der Waals surface area contributed by atoms with E-state index in [0.29, 0.717) is 0 Å². The first kappa shape index (κ1) is 17.7. The molecule has 132 valence electrons. The fourth-order valence-corrected chi connectivity index (χ4v) is 2.76. The summed E-state index contributed by atoms with van der Waals surface area (Å²) >= 11 is 0. The van der Waals surface area contributed by atoms with E-state index < -0.39 is 0 Å². The standard InChI is InChI=1S/C22H23N3O/c1-3-21(19-12-9-17(2)10-13-19)24-22(26)14-11-18-15-23-25(16-18)20-7-5-4-6-8-20/h4-16,21H,3H2,1-2H3,(H,24,26)/b14-11+/t21-/m1/s1. The first-order valence-corrected chi connectivity index (χ1v) is 8.81. The van der Waals surface area contributed by atoms with E-state index in [-0.39, 0.29) is 11.9 Å². The summed E-state index contributed by atoms with van der Waals surface area (Å²) < 4.78 is 1.79. The molecule has 0 saturated heterocycles. The predicted octanol–water partition coefficient (Wildman–Crippen LogP) is 4.46. The molecule has 4 heteroatoms.